The van der Waals surface area contributed by atoms with Gasteiger partial charge in [-0.1, -0.05) is 20.8 Å². The molecule has 1 atom stereocenters. The van der Waals surface area contributed by atoms with Crippen LogP contribution in [0.1, 0.15) is 49.8 Å². The van der Waals surface area contributed by atoms with Crippen molar-refractivity contribution in [1.29, 1.82) is 0 Å². The molecule has 0 bridgehead atoms. The summed E-state index contributed by atoms with van der Waals surface area (Å²) in [4.78, 5) is 37.4. The zero-order valence-corrected chi connectivity index (χ0v) is 18.6. The minimum absolute atomic E-state index is 0.0863. The number of carbonyl (C=O) groups is 2. The molecule has 3 N–H and O–H groups in total. The van der Waals surface area contributed by atoms with E-state index in [9.17, 15) is 14.0 Å². The Morgan fingerprint density at radius 1 is 1.16 bits per heavy atom. The summed E-state index contributed by atoms with van der Waals surface area (Å²) in [5, 5.41) is 10.5. The summed E-state index contributed by atoms with van der Waals surface area (Å²) < 4.78 is 14.1. The molecule has 0 fully saturated rings. The van der Waals surface area contributed by atoms with Crippen LogP contribution in [-0.4, -0.2) is 39.9 Å². The van der Waals surface area contributed by atoms with Gasteiger partial charge < -0.3 is 16.0 Å². The number of amides is 2. The van der Waals surface area contributed by atoms with E-state index >= 15 is 0 Å². The highest BCUT2D eigenvalue weighted by Gasteiger charge is 2.21. The largest absolute Gasteiger partial charge is 0.354 e. The highest BCUT2D eigenvalue weighted by molar-refractivity contribution is 7.17. The van der Waals surface area contributed by atoms with Crippen LogP contribution in [0.5, 0.6) is 0 Å². The predicted molar refractivity (Wildman–Crippen MR) is 118 cm³/mol. The van der Waals surface area contributed by atoms with E-state index in [1.807, 2.05) is 39.1 Å². The van der Waals surface area contributed by atoms with E-state index < -0.39 is 11.2 Å². The van der Waals surface area contributed by atoms with Crippen LogP contribution in [0.25, 0.3) is 10.2 Å². The first-order valence-corrected chi connectivity index (χ1v) is 10.7. The van der Waals surface area contributed by atoms with Crippen LogP contribution in [0.3, 0.4) is 0 Å². The number of carbonyl (C=O) groups excluding carboxylic acids is 2. The first-order valence-electron chi connectivity index (χ1n) is 9.84. The van der Waals surface area contributed by atoms with Crippen molar-refractivity contribution >= 4 is 39.3 Å². The van der Waals surface area contributed by atoms with Crippen molar-refractivity contribution in [2.45, 2.75) is 33.7 Å². The maximum absolute atomic E-state index is 13.5. The third-order valence-electron chi connectivity index (χ3n) is 4.47. The highest BCUT2D eigenvalue weighted by Crippen LogP contribution is 2.25. The van der Waals surface area contributed by atoms with E-state index in [-0.39, 0.29) is 36.0 Å². The quantitative estimate of drug-likeness (QED) is 0.483. The van der Waals surface area contributed by atoms with Gasteiger partial charge in [-0.2, -0.15) is 0 Å². The fraction of sp³-hybridized carbons (Fsp3) is 0.381. The Morgan fingerprint density at radius 2 is 1.90 bits per heavy atom. The Bertz CT molecular complexity index is 1090. The number of rotatable bonds is 7. The second-order valence-electron chi connectivity index (χ2n) is 8.10. The monoisotopic (exact) mass is 444 g/mol. The normalized spacial score (nSPS) is 12.4. The Morgan fingerprint density at radius 3 is 2.61 bits per heavy atom. The molecule has 0 aliphatic carbocycles. The lowest BCUT2D eigenvalue weighted by atomic mass is 9.96. The third kappa shape index (κ3) is 5.72. The van der Waals surface area contributed by atoms with Crippen molar-refractivity contribution in [3.63, 3.8) is 0 Å². The summed E-state index contributed by atoms with van der Waals surface area (Å²) in [6.45, 7) is 7.89. The van der Waals surface area contributed by atoms with Crippen molar-refractivity contribution < 1.29 is 14.0 Å². The number of halogens is 1. The number of fused-ring (bicyclic) bond motifs is 1. The molecular formula is C21H25FN6O2S. The summed E-state index contributed by atoms with van der Waals surface area (Å²) in [7, 11) is 0. The molecule has 0 aliphatic rings. The number of nitrogens with zero attached hydrogens (tertiary/aromatic N) is 3. The molecule has 0 aromatic carbocycles. The molecule has 0 saturated heterocycles. The van der Waals surface area contributed by atoms with Crippen molar-refractivity contribution in [3.05, 3.63) is 47.0 Å². The topological polar surface area (TPSA) is 109 Å². The molecule has 3 heterocycles. The van der Waals surface area contributed by atoms with Crippen molar-refractivity contribution in [1.82, 2.24) is 25.6 Å². The summed E-state index contributed by atoms with van der Waals surface area (Å²) in [5.41, 5.74) is 1.02. The molecule has 31 heavy (non-hydrogen) atoms. The Balaban J connectivity index is 1.71. The minimum atomic E-state index is -0.492. The highest BCUT2D eigenvalue weighted by atomic mass is 32.1. The van der Waals surface area contributed by atoms with Gasteiger partial charge in [0, 0.05) is 24.7 Å². The maximum atomic E-state index is 13.5. The first-order chi connectivity index (χ1) is 14.6. The average molecular weight is 445 g/mol. The van der Waals surface area contributed by atoms with Gasteiger partial charge in [0.15, 0.2) is 5.69 Å². The lowest BCUT2D eigenvalue weighted by molar-refractivity contribution is -0.128. The minimum Gasteiger partial charge on any atom is -0.354 e. The molecule has 164 valence electrons. The van der Waals surface area contributed by atoms with E-state index in [4.69, 9.17) is 0 Å². The van der Waals surface area contributed by atoms with Gasteiger partial charge in [0.2, 0.25) is 11.9 Å². The lowest BCUT2D eigenvalue weighted by Crippen LogP contribution is -2.40. The third-order valence-corrected chi connectivity index (χ3v) is 5.38. The summed E-state index contributed by atoms with van der Waals surface area (Å²) in [6, 6.07) is 2.87. The van der Waals surface area contributed by atoms with Crippen molar-refractivity contribution in [3.8, 4) is 0 Å². The number of nitrogens with one attached hydrogen (secondary N) is 3. The van der Waals surface area contributed by atoms with E-state index in [1.165, 1.54) is 17.4 Å². The predicted octanol–water partition coefficient (Wildman–Crippen LogP) is 3.29. The smallest absolute Gasteiger partial charge is 0.271 e. The van der Waals surface area contributed by atoms with Crippen LogP contribution in [0.2, 0.25) is 0 Å². The van der Waals surface area contributed by atoms with Gasteiger partial charge >= 0.3 is 0 Å². The zero-order valence-electron chi connectivity index (χ0n) is 17.8. The lowest BCUT2D eigenvalue weighted by Gasteiger charge is -2.17. The van der Waals surface area contributed by atoms with E-state index in [2.05, 4.69) is 30.9 Å². The molecule has 10 heteroatoms. The summed E-state index contributed by atoms with van der Waals surface area (Å²) >= 11 is 1.37. The maximum Gasteiger partial charge on any atom is 0.271 e. The van der Waals surface area contributed by atoms with Crippen LogP contribution >= 0.6 is 11.3 Å². The van der Waals surface area contributed by atoms with Crippen LogP contribution in [0, 0.1) is 11.2 Å². The molecule has 1 unspecified atom stereocenters. The molecule has 2 amide bonds. The standard InChI is InChI=1S/C21H25FN6O2S/c1-12(13-9-14(22)11-23-10-13)26-20-27-15-5-8-31-17(15)16(28-20)18(29)24-6-7-25-19(30)21(2,3)4/h5,8-12H,6-7H2,1-4H3,(H,24,29)(H,25,30)(H,26,27,28). The van der Waals surface area contributed by atoms with Gasteiger partial charge in [0.1, 0.15) is 5.82 Å². The zero-order chi connectivity index (χ0) is 22.6. The number of thiophene rings is 1. The molecule has 3 aromatic rings. The summed E-state index contributed by atoms with van der Waals surface area (Å²) in [5.74, 6) is -0.618. The van der Waals surface area contributed by atoms with E-state index in [1.54, 1.807) is 6.20 Å². The van der Waals surface area contributed by atoms with Crippen molar-refractivity contribution in [2.75, 3.05) is 18.4 Å². The molecule has 0 spiro atoms. The molecule has 0 radical (unpaired) electrons. The Hall–Kier alpha value is -3.14. The molecule has 8 nitrogen and oxygen atoms in total. The molecule has 0 saturated carbocycles. The fourth-order valence-corrected chi connectivity index (χ4v) is 3.54. The molecule has 3 rings (SSSR count). The van der Waals surface area contributed by atoms with Crippen LogP contribution in [0.15, 0.2) is 29.9 Å². The van der Waals surface area contributed by atoms with Crippen LogP contribution in [-0.2, 0) is 4.79 Å². The van der Waals surface area contributed by atoms with Crippen molar-refractivity contribution in [2.24, 2.45) is 5.41 Å². The number of anilines is 1. The van der Waals surface area contributed by atoms with Gasteiger partial charge in [-0.25, -0.2) is 14.4 Å². The van der Waals surface area contributed by atoms with Gasteiger partial charge in [-0.15, -0.1) is 11.3 Å². The SMILES string of the molecule is CC(Nc1nc(C(=O)NCCNC(=O)C(C)(C)C)c2sccc2n1)c1cncc(F)c1. The molecule has 3 aromatic heterocycles. The Kier molecular flexibility index (Phi) is 6.79. The van der Waals surface area contributed by atoms with Gasteiger partial charge in [0.25, 0.3) is 5.91 Å². The van der Waals surface area contributed by atoms with Gasteiger partial charge in [0.05, 0.1) is 22.5 Å². The van der Waals surface area contributed by atoms with Gasteiger partial charge in [-0.3, -0.25) is 14.6 Å². The van der Waals surface area contributed by atoms with Crippen LogP contribution < -0.4 is 16.0 Å². The van der Waals surface area contributed by atoms with Gasteiger partial charge in [-0.05, 0) is 30.0 Å². The Labute approximate surface area is 183 Å². The number of pyridine rings is 1. The number of hydrogen-bond acceptors (Lipinski definition) is 7. The number of aromatic nitrogens is 3. The number of hydrogen-bond donors (Lipinski definition) is 3. The molecule has 0 aliphatic heterocycles. The molecular weight excluding hydrogens is 419 g/mol. The summed E-state index contributed by atoms with van der Waals surface area (Å²) in [6.07, 6.45) is 2.69. The average Bonchev–Trinajstić information content (AvgIpc) is 3.18. The second-order valence-corrected chi connectivity index (χ2v) is 9.01. The second kappa shape index (κ2) is 9.34. The fourth-order valence-electron chi connectivity index (χ4n) is 2.72. The van der Waals surface area contributed by atoms with E-state index in [0.29, 0.717) is 22.3 Å². The first kappa shape index (κ1) is 22.5. The van der Waals surface area contributed by atoms with E-state index in [0.717, 1.165) is 6.20 Å². The van der Waals surface area contributed by atoms with Crippen LogP contribution in [0.4, 0.5) is 10.3 Å².